The quantitative estimate of drug-likeness (QED) is 0.547. The standard InChI is InChI=1S/C17H24N2O/c1-6-7-20-17-9-15(11-18-13(2)3)8-16(10-17)12-19-14(4)5/h6,8-14H,1,7H2,2-5H3/b18-11+,19-12+. The van der Waals surface area contributed by atoms with Gasteiger partial charge in [0, 0.05) is 24.5 Å². The van der Waals surface area contributed by atoms with Gasteiger partial charge in [-0.3, -0.25) is 9.98 Å². The molecule has 108 valence electrons. The van der Waals surface area contributed by atoms with Crippen molar-refractivity contribution in [1.29, 1.82) is 0 Å². The molecule has 0 fully saturated rings. The van der Waals surface area contributed by atoms with Crippen molar-refractivity contribution < 1.29 is 4.74 Å². The maximum absolute atomic E-state index is 5.61. The third-order valence-corrected chi connectivity index (χ3v) is 2.36. The second kappa shape index (κ2) is 8.31. The molecular weight excluding hydrogens is 248 g/mol. The van der Waals surface area contributed by atoms with E-state index in [2.05, 4.69) is 50.3 Å². The first-order chi connectivity index (χ1) is 9.51. The molecule has 0 atom stereocenters. The van der Waals surface area contributed by atoms with Gasteiger partial charge in [0.1, 0.15) is 12.4 Å². The number of benzene rings is 1. The third-order valence-electron chi connectivity index (χ3n) is 2.36. The van der Waals surface area contributed by atoms with Crippen LogP contribution < -0.4 is 4.74 Å². The average Bonchev–Trinajstić information content (AvgIpc) is 2.40. The van der Waals surface area contributed by atoms with Gasteiger partial charge in [-0.2, -0.15) is 0 Å². The summed E-state index contributed by atoms with van der Waals surface area (Å²) in [4.78, 5) is 8.81. The molecule has 1 rings (SSSR count). The molecule has 0 saturated heterocycles. The van der Waals surface area contributed by atoms with Crippen molar-refractivity contribution in [3.8, 4) is 5.75 Å². The van der Waals surface area contributed by atoms with Gasteiger partial charge in [0.2, 0.25) is 0 Å². The normalized spacial score (nSPS) is 11.9. The van der Waals surface area contributed by atoms with E-state index in [4.69, 9.17) is 4.74 Å². The van der Waals surface area contributed by atoms with Crippen molar-refractivity contribution >= 4 is 12.4 Å². The summed E-state index contributed by atoms with van der Waals surface area (Å²) in [6.07, 6.45) is 5.48. The fourth-order valence-corrected chi connectivity index (χ4v) is 1.50. The summed E-state index contributed by atoms with van der Waals surface area (Å²) in [6.45, 7) is 12.4. The molecule has 0 saturated carbocycles. The smallest absolute Gasteiger partial charge is 0.121 e. The Hall–Kier alpha value is -1.90. The Labute approximate surface area is 122 Å². The van der Waals surface area contributed by atoms with Crippen LogP contribution in [0.15, 0.2) is 40.8 Å². The minimum absolute atomic E-state index is 0.278. The molecule has 1 aromatic rings. The van der Waals surface area contributed by atoms with E-state index in [1.54, 1.807) is 6.08 Å². The molecule has 0 aliphatic heterocycles. The van der Waals surface area contributed by atoms with Crippen LogP contribution in [0.4, 0.5) is 0 Å². The SMILES string of the molecule is C=CCOc1cc(/C=N/C(C)C)cc(/C=N/C(C)C)c1. The lowest BCUT2D eigenvalue weighted by Gasteiger charge is -2.07. The van der Waals surface area contributed by atoms with E-state index in [9.17, 15) is 0 Å². The van der Waals surface area contributed by atoms with Gasteiger partial charge in [0.05, 0.1) is 0 Å². The topological polar surface area (TPSA) is 34.0 Å². The largest absolute Gasteiger partial charge is 0.490 e. The van der Waals surface area contributed by atoms with E-state index in [1.165, 1.54) is 0 Å². The molecule has 0 N–H and O–H groups in total. The van der Waals surface area contributed by atoms with E-state index >= 15 is 0 Å². The summed E-state index contributed by atoms with van der Waals surface area (Å²) in [7, 11) is 0. The molecule has 0 heterocycles. The van der Waals surface area contributed by atoms with Crippen LogP contribution in [0, 0.1) is 0 Å². The van der Waals surface area contributed by atoms with Gasteiger partial charge < -0.3 is 4.74 Å². The van der Waals surface area contributed by atoms with Gasteiger partial charge in [-0.25, -0.2) is 0 Å². The van der Waals surface area contributed by atoms with Crippen molar-refractivity contribution in [2.75, 3.05) is 6.61 Å². The Kier molecular flexibility index (Phi) is 6.71. The molecule has 0 aliphatic rings. The van der Waals surface area contributed by atoms with Gasteiger partial charge in [-0.05, 0) is 57.0 Å². The zero-order valence-corrected chi connectivity index (χ0v) is 12.8. The monoisotopic (exact) mass is 272 g/mol. The van der Waals surface area contributed by atoms with Crippen LogP contribution in [-0.4, -0.2) is 31.1 Å². The number of rotatable bonds is 7. The lowest BCUT2D eigenvalue weighted by atomic mass is 10.1. The predicted molar refractivity (Wildman–Crippen MR) is 87.6 cm³/mol. The van der Waals surface area contributed by atoms with E-state index in [0.29, 0.717) is 6.61 Å². The molecule has 0 radical (unpaired) electrons. The van der Waals surface area contributed by atoms with Crippen LogP contribution in [0.25, 0.3) is 0 Å². The highest BCUT2D eigenvalue weighted by Crippen LogP contribution is 2.16. The van der Waals surface area contributed by atoms with Crippen molar-refractivity contribution in [3.05, 3.63) is 42.0 Å². The van der Waals surface area contributed by atoms with Crippen molar-refractivity contribution in [1.82, 2.24) is 0 Å². The summed E-state index contributed by atoms with van der Waals surface area (Å²) in [6, 6.07) is 6.56. The molecule has 0 bridgehead atoms. The molecule has 1 aromatic carbocycles. The predicted octanol–water partition coefficient (Wildman–Crippen LogP) is 3.91. The van der Waals surface area contributed by atoms with Crippen LogP contribution in [-0.2, 0) is 0 Å². The first-order valence-electron chi connectivity index (χ1n) is 6.96. The number of hydrogen-bond donors (Lipinski definition) is 0. The maximum atomic E-state index is 5.61. The Balaban J connectivity index is 3.03. The van der Waals surface area contributed by atoms with E-state index in [-0.39, 0.29) is 12.1 Å². The van der Waals surface area contributed by atoms with Gasteiger partial charge in [-0.15, -0.1) is 0 Å². The molecule has 20 heavy (non-hydrogen) atoms. The van der Waals surface area contributed by atoms with Crippen LogP contribution >= 0.6 is 0 Å². The van der Waals surface area contributed by atoms with Crippen LogP contribution in [0.5, 0.6) is 5.75 Å². The molecule has 3 heteroatoms. The van der Waals surface area contributed by atoms with Gasteiger partial charge in [0.15, 0.2) is 0 Å². The second-order valence-electron chi connectivity index (χ2n) is 5.18. The highest BCUT2D eigenvalue weighted by molar-refractivity contribution is 5.87. The lowest BCUT2D eigenvalue weighted by molar-refractivity contribution is 0.363. The second-order valence-corrected chi connectivity index (χ2v) is 5.18. The minimum Gasteiger partial charge on any atom is -0.490 e. The number of aliphatic imine (C=N–C) groups is 2. The Morgan fingerprint density at radius 3 is 1.90 bits per heavy atom. The highest BCUT2D eigenvalue weighted by Gasteiger charge is 2.00. The Bertz CT molecular complexity index is 452. The number of nitrogens with zero attached hydrogens (tertiary/aromatic N) is 2. The minimum atomic E-state index is 0.278. The summed E-state index contributed by atoms with van der Waals surface area (Å²) in [5.74, 6) is 0.808. The van der Waals surface area contributed by atoms with Crippen LogP contribution in [0.1, 0.15) is 38.8 Å². The average molecular weight is 272 g/mol. The fourth-order valence-electron chi connectivity index (χ4n) is 1.50. The third kappa shape index (κ3) is 6.32. The first-order valence-corrected chi connectivity index (χ1v) is 6.96. The van der Waals surface area contributed by atoms with Gasteiger partial charge in [0.25, 0.3) is 0 Å². The molecule has 3 nitrogen and oxygen atoms in total. The number of ether oxygens (including phenoxy) is 1. The van der Waals surface area contributed by atoms with Gasteiger partial charge >= 0.3 is 0 Å². The van der Waals surface area contributed by atoms with Crippen molar-refractivity contribution in [2.24, 2.45) is 9.98 Å². The van der Waals surface area contributed by atoms with E-state index < -0.39 is 0 Å². The highest BCUT2D eigenvalue weighted by atomic mass is 16.5. The lowest BCUT2D eigenvalue weighted by Crippen LogP contribution is -1.98. The van der Waals surface area contributed by atoms with Gasteiger partial charge in [-0.1, -0.05) is 12.7 Å². The fraction of sp³-hybridized carbons (Fsp3) is 0.412. The Morgan fingerprint density at radius 2 is 1.50 bits per heavy atom. The zero-order chi connectivity index (χ0) is 15.0. The molecular formula is C17H24N2O. The first kappa shape index (κ1) is 16.2. The Morgan fingerprint density at radius 1 is 1.00 bits per heavy atom. The maximum Gasteiger partial charge on any atom is 0.121 e. The summed E-state index contributed by atoms with van der Waals surface area (Å²) >= 11 is 0. The molecule has 0 unspecified atom stereocenters. The molecule has 0 spiro atoms. The number of hydrogen-bond acceptors (Lipinski definition) is 3. The van der Waals surface area contributed by atoms with Crippen LogP contribution in [0.2, 0.25) is 0 Å². The molecule has 0 aliphatic carbocycles. The summed E-state index contributed by atoms with van der Waals surface area (Å²) in [5.41, 5.74) is 2.04. The molecule has 0 amide bonds. The van der Waals surface area contributed by atoms with Crippen LogP contribution in [0.3, 0.4) is 0 Å². The van der Waals surface area contributed by atoms with E-state index in [0.717, 1.165) is 16.9 Å². The zero-order valence-electron chi connectivity index (χ0n) is 12.8. The van der Waals surface area contributed by atoms with E-state index in [1.807, 2.05) is 24.6 Å². The van der Waals surface area contributed by atoms with Crippen molar-refractivity contribution in [2.45, 2.75) is 39.8 Å². The molecule has 0 aromatic heterocycles. The summed E-state index contributed by atoms with van der Waals surface area (Å²) in [5, 5.41) is 0. The summed E-state index contributed by atoms with van der Waals surface area (Å²) < 4.78 is 5.61. The van der Waals surface area contributed by atoms with Crippen molar-refractivity contribution in [3.63, 3.8) is 0 Å².